The van der Waals surface area contributed by atoms with Crippen LogP contribution < -0.4 is 9.64 Å². The van der Waals surface area contributed by atoms with Gasteiger partial charge in [0.15, 0.2) is 5.82 Å². The summed E-state index contributed by atoms with van der Waals surface area (Å²) in [7, 11) is 0. The molecule has 1 atom stereocenters. The molecule has 8 rings (SSSR count). The number of halogens is 3. The highest BCUT2D eigenvalue weighted by molar-refractivity contribution is 6.03. The van der Waals surface area contributed by atoms with Crippen molar-refractivity contribution >= 4 is 27.5 Å². The van der Waals surface area contributed by atoms with Gasteiger partial charge in [0.1, 0.15) is 28.7 Å². The molecule has 4 fully saturated rings. The van der Waals surface area contributed by atoms with Crippen molar-refractivity contribution in [2.45, 2.75) is 70.0 Å². The van der Waals surface area contributed by atoms with Gasteiger partial charge >= 0.3 is 6.01 Å². The first-order chi connectivity index (χ1) is 23.0. The molecule has 2 aliphatic carbocycles. The number of aliphatic hydroxyl groups is 1. The minimum absolute atomic E-state index is 0.0212. The molecule has 0 radical (unpaired) electrons. The first-order valence-corrected chi connectivity index (χ1v) is 17.1. The highest BCUT2D eigenvalue weighted by Crippen LogP contribution is 2.49. The van der Waals surface area contributed by atoms with Crippen molar-refractivity contribution in [3.63, 3.8) is 0 Å². The predicted molar refractivity (Wildman–Crippen MR) is 177 cm³/mol. The lowest BCUT2D eigenvalue weighted by atomic mass is 9.91. The third-order valence-corrected chi connectivity index (χ3v) is 10.8. The van der Waals surface area contributed by atoms with Crippen molar-refractivity contribution in [1.82, 2.24) is 14.9 Å². The Balaban J connectivity index is 1.22. The average molecular weight is 663 g/mol. The number of nitrogens with zero attached hydrogens (tertiary/aromatic N) is 4. The summed E-state index contributed by atoms with van der Waals surface area (Å²) >= 11 is 0. The number of piperidine rings is 1. The lowest BCUT2D eigenvalue weighted by Gasteiger charge is -2.38. The van der Waals surface area contributed by atoms with E-state index in [1.54, 1.807) is 13.8 Å². The number of fused-ring (bicyclic) bond motifs is 2. The Bertz CT molecular complexity index is 1930. The van der Waals surface area contributed by atoms with Gasteiger partial charge in [-0.15, -0.1) is 0 Å². The summed E-state index contributed by atoms with van der Waals surface area (Å²) in [5, 5.41) is 22.5. The number of aromatic nitrogens is 2. The zero-order chi connectivity index (χ0) is 33.4. The van der Waals surface area contributed by atoms with Gasteiger partial charge in [0.25, 0.3) is 0 Å². The number of β-amino-alcohol motifs (C(OH)–C–C–N with tert-alkyl or cyclic N) is 1. The van der Waals surface area contributed by atoms with Crippen LogP contribution in [0.25, 0.3) is 32.8 Å². The molecule has 0 unspecified atom stereocenters. The molecule has 2 saturated heterocycles. The number of phenolic OH excluding ortho intramolecular Hbond substituents is 1. The third kappa shape index (κ3) is 5.73. The topological polar surface area (TPSA) is 91.2 Å². The summed E-state index contributed by atoms with van der Waals surface area (Å²) in [6, 6.07) is 6.69. The SMILES string of the molecule is CCc1c(F)ccc2cc(O)cc(-c3c(F)cc4c(N5CCC[C@@](C)(O)C5)nc(OCC5(CN6CCOC7(CC7)C6)CC5)nc4c3F)c12. The first kappa shape index (κ1) is 31.6. The fraction of sp³-hybridized carbons (Fsp3) is 0.514. The van der Waals surface area contributed by atoms with E-state index < -0.39 is 28.6 Å². The maximum atomic E-state index is 16.9. The predicted octanol–water partition coefficient (Wildman–Crippen LogP) is 6.51. The van der Waals surface area contributed by atoms with Gasteiger partial charge in [0, 0.05) is 43.5 Å². The second kappa shape index (κ2) is 11.5. The maximum absolute atomic E-state index is 16.9. The van der Waals surface area contributed by atoms with E-state index in [9.17, 15) is 14.6 Å². The monoisotopic (exact) mass is 662 g/mol. The summed E-state index contributed by atoms with van der Waals surface area (Å²) < 4.78 is 60.5. The van der Waals surface area contributed by atoms with Crippen molar-refractivity contribution in [3.05, 3.63) is 53.3 Å². The number of aromatic hydroxyl groups is 1. The number of morpholine rings is 1. The van der Waals surface area contributed by atoms with Crippen molar-refractivity contribution < 1.29 is 32.9 Å². The van der Waals surface area contributed by atoms with Gasteiger partial charge in [-0.05, 0) is 98.0 Å². The van der Waals surface area contributed by atoms with Crippen LogP contribution in [0.3, 0.4) is 0 Å². The molecule has 1 aromatic heterocycles. The Morgan fingerprint density at radius 2 is 1.79 bits per heavy atom. The molecule has 8 nitrogen and oxygen atoms in total. The van der Waals surface area contributed by atoms with Gasteiger partial charge in [-0.25, -0.2) is 13.2 Å². The van der Waals surface area contributed by atoms with Crippen molar-refractivity contribution in [2.24, 2.45) is 5.41 Å². The average Bonchev–Trinajstić information content (AvgIpc) is 3.98. The lowest BCUT2D eigenvalue weighted by molar-refractivity contribution is -0.0532. The molecule has 4 aliphatic rings. The molecular formula is C37H41F3N4O4. The van der Waals surface area contributed by atoms with Gasteiger partial charge < -0.3 is 24.6 Å². The van der Waals surface area contributed by atoms with Crippen molar-refractivity contribution in [1.29, 1.82) is 0 Å². The van der Waals surface area contributed by atoms with E-state index in [1.165, 1.54) is 30.3 Å². The molecule has 4 aromatic rings. The number of anilines is 1. The summed E-state index contributed by atoms with van der Waals surface area (Å²) in [6.07, 6.45) is 5.74. The smallest absolute Gasteiger partial charge is 0.319 e. The molecule has 1 spiro atoms. The summed E-state index contributed by atoms with van der Waals surface area (Å²) in [6.45, 7) is 8.03. The van der Waals surface area contributed by atoms with E-state index in [0.717, 1.165) is 51.9 Å². The van der Waals surface area contributed by atoms with Crippen LogP contribution in [-0.4, -0.2) is 82.2 Å². The molecule has 254 valence electrons. The standard InChI is InChI=1S/C37H41F3N4O4/c1-3-24-27(38)6-5-22-15-23(45)16-25(29(22)24)30-28(39)17-26-32(31(30)40)41-34(42-33(26)44-12-4-7-35(2,46)18-44)47-21-36(8-9-36)19-43-13-14-48-37(20-43)10-11-37/h5-6,15-17,45-46H,3-4,7-14,18-21H2,1-2H3/t35-/m1/s1. The minimum Gasteiger partial charge on any atom is -0.508 e. The maximum Gasteiger partial charge on any atom is 0.319 e. The Morgan fingerprint density at radius 1 is 0.979 bits per heavy atom. The van der Waals surface area contributed by atoms with E-state index in [-0.39, 0.29) is 58.0 Å². The molecule has 2 saturated carbocycles. The molecule has 11 heteroatoms. The van der Waals surface area contributed by atoms with Crippen LogP contribution in [0.2, 0.25) is 0 Å². The number of phenols is 1. The molecule has 2 aliphatic heterocycles. The lowest BCUT2D eigenvalue weighted by Crippen LogP contribution is -2.47. The second-order valence-electron chi connectivity index (χ2n) is 14.8. The Hall–Kier alpha value is -3.67. The number of aryl methyl sites for hydroxylation is 1. The van der Waals surface area contributed by atoms with Gasteiger partial charge in [0.2, 0.25) is 0 Å². The van der Waals surface area contributed by atoms with Crippen LogP contribution in [0.5, 0.6) is 11.8 Å². The molecule has 2 N–H and O–H groups in total. The van der Waals surface area contributed by atoms with Crippen LogP contribution in [0.1, 0.15) is 57.9 Å². The quantitative estimate of drug-likeness (QED) is 0.221. The third-order valence-electron chi connectivity index (χ3n) is 10.8. The van der Waals surface area contributed by atoms with E-state index >= 15 is 8.78 Å². The fourth-order valence-corrected chi connectivity index (χ4v) is 7.87. The summed E-state index contributed by atoms with van der Waals surface area (Å²) in [5.41, 5.74) is -1.26. The number of rotatable bonds is 8. The number of hydrogen-bond donors (Lipinski definition) is 2. The van der Waals surface area contributed by atoms with Gasteiger partial charge in [-0.2, -0.15) is 9.97 Å². The van der Waals surface area contributed by atoms with Gasteiger partial charge in [-0.3, -0.25) is 4.90 Å². The van der Waals surface area contributed by atoms with Gasteiger partial charge in [-0.1, -0.05) is 13.0 Å². The number of benzene rings is 3. The van der Waals surface area contributed by atoms with Crippen LogP contribution >= 0.6 is 0 Å². The highest BCUT2D eigenvalue weighted by Gasteiger charge is 2.51. The fourth-order valence-electron chi connectivity index (χ4n) is 7.87. The second-order valence-corrected chi connectivity index (χ2v) is 14.8. The molecule has 0 amide bonds. The normalized spacial score (nSPS) is 23.2. The molecule has 3 heterocycles. The zero-order valence-electron chi connectivity index (χ0n) is 27.4. The van der Waals surface area contributed by atoms with E-state index in [2.05, 4.69) is 9.88 Å². The highest BCUT2D eigenvalue weighted by atomic mass is 19.1. The van der Waals surface area contributed by atoms with Crippen LogP contribution in [0.15, 0.2) is 30.3 Å². The van der Waals surface area contributed by atoms with Crippen LogP contribution in [0, 0.1) is 22.9 Å². The zero-order valence-corrected chi connectivity index (χ0v) is 27.4. The number of hydrogen-bond acceptors (Lipinski definition) is 8. The Kier molecular flexibility index (Phi) is 7.54. The largest absolute Gasteiger partial charge is 0.508 e. The summed E-state index contributed by atoms with van der Waals surface area (Å²) in [5.74, 6) is -2.25. The van der Waals surface area contributed by atoms with E-state index in [0.29, 0.717) is 42.3 Å². The number of ether oxygens (including phenoxy) is 2. The van der Waals surface area contributed by atoms with Crippen molar-refractivity contribution in [3.8, 4) is 22.9 Å². The van der Waals surface area contributed by atoms with Crippen molar-refractivity contribution in [2.75, 3.05) is 50.8 Å². The summed E-state index contributed by atoms with van der Waals surface area (Å²) in [4.78, 5) is 13.5. The minimum atomic E-state index is -1.01. The van der Waals surface area contributed by atoms with Gasteiger partial charge in [0.05, 0.1) is 30.0 Å². The van der Waals surface area contributed by atoms with Crippen LogP contribution in [0.4, 0.5) is 19.0 Å². The molecule has 48 heavy (non-hydrogen) atoms. The molecule has 0 bridgehead atoms. The van der Waals surface area contributed by atoms with E-state index in [1.807, 2.05) is 4.90 Å². The molecule has 3 aromatic carbocycles. The Morgan fingerprint density at radius 3 is 2.52 bits per heavy atom. The Labute approximate surface area is 277 Å². The first-order valence-electron chi connectivity index (χ1n) is 17.1. The van der Waals surface area contributed by atoms with Crippen LogP contribution in [-0.2, 0) is 11.2 Å². The van der Waals surface area contributed by atoms with E-state index in [4.69, 9.17) is 14.5 Å². The molecular weight excluding hydrogens is 621 g/mol.